The number of benzene rings is 1. The van der Waals surface area contributed by atoms with Gasteiger partial charge in [-0.05, 0) is 17.7 Å². The van der Waals surface area contributed by atoms with Crippen molar-refractivity contribution >= 4 is 17.3 Å². The van der Waals surface area contributed by atoms with Gasteiger partial charge in [-0.25, -0.2) is 0 Å². The molecule has 9 nitrogen and oxygen atoms in total. The van der Waals surface area contributed by atoms with Crippen LogP contribution in [0.1, 0.15) is 11.3 Å². The van der Waals surface area contributed by atoms with Gasteiger partial charge in [0.05, 0.1) is 17.0 Å². The van der Waals surface area contributed by atoms with E-state index in [1.54, 1.807) is 0 Å². The van der Waals surface area contributed by atoms with E-state index in [0.29, 0.717) is 17.0 Å². The average Bonchev–Trinajstić information content (AvgIpc) is 2.90. The van der Waals surface area contributed by atoms with E-state index in [-0.39, 0.29) is 23.6 Å². The SMILES string of the molecule is C=C(NNC(=O)Cc1cc(=O)[nH][nH]1)c1ccc([N+](=O)[O-])cc1. The molecule has 0 aliphatic rings. The van der Waals surface area contributed by atoms with Crippen LogP contribution in [0.15, 0.2) is 41.7 Å². The molecule has 114 valence electrons. The quantitative estimate of drug-likeness (QED) is 0.454. The minimum Gasteiger partial charge on any atom is -0.302 e. The zero-order chi connectivity index (χ0) is 16.1. The molecule has 0 atom stereocenters. The van der Waals surface area contributed by atoms with Gasteiger partial charge in [0.25, 0.3) is 11.2 Å². The standard InChI is InChI=1S/C13H13N5O4/c1-8(9-2-4-11(5-3-9)18(21)22)14-16-12(19)6-10-7-13(20)17-15-10/h2-5,7,14H,1,6H2,(H,16,19)(H2,15,17,20). The highest BCUT2D eigenvalue weighted by molar-refractivity contribution is 5.79. The topological polar surface area (TPSA) is 133 Å². The number of carbonyl (C=O) groups is 1. The first-order chi connectivity index (χ1) is 10.5. The second-order valence-corrected chi connectivity index (χ2v) is 4.42. The Morgan fingerprint density at radius 2 is 1.91 bits per heavy atom. The maximum absolute atomic E-state index is 11.7. The second kappa shape index (κ2) is 6.39. The first kappa shape index (κ1) is 15.0. The van der Waals surface area contributed by atoms with Gasteiger partial charge in [0.2, 0.25) is 5.91 Å². The Balaban J connectivity index is 1.87. The molecule has 4 N–H and O–H groups in total. The minimum absolute atomic E-state index is 0.0146. The average molecular weight is 303 g/mol. The summed E-state index contributed by atoms with van der Waals surface area (Å²) in [6.07, 6.45) is -0.0146. The lowest BCUT2D eigenvalue weighted by molar-refractivity contribution is -0.384. The lowest BCUT2D eigenvalue weighted by Gasteiger charge is -2.10. The molecule has 22 heavy (non-hydrogen) atoms. The summed E-state index contributed by atoms with van der Waals surface area (Å²) in [5, 5.41) is 15.4. The highest BCUT2D eigenvalue weighted by Crippen LogP contribution is 2.15. The molecular formula is C13H13N5O4. The molecule has 0 spiro atoms. The smallest absolute Gasteiger partial charge is 0.269 e. The molecule has 1 heterocycles. The summed E-state index contributed by atoms with van der Waals surface area (Å²) in [5.74, 6) is -0.377. The molecule has 1 amide bonds. The van der Waals surface area contributed by atoms with Gasteiger partial charge < -0.3 is 5.10 Å². The number of hydrogen-bond acceptors (Lipinski definition) is 5. The van der Waals surface area contributed by atoms with Gasteiger partial charge in [-0.2, -0.15) is 0 Å². The van der Waals surface area contributed by atoms with E-state index in [4.69, 9.17) is 0 Å². The van der Waals surface area contributed by atoms with Gasteiger partial charge >= 0.3 is 0 Å². The zero-order valence-electron chi connectivity index (χ0n) is 11.4. The normalized spacial score (nSPS) is 10.0. The van der Waals surface area contributed by atoms with Crippen molar-refractivity contribution in [2.45, 2.75) is 6.42 Å². The molecule has 0 unspecified atom stereocenters. The summed E-state index contributed by atoms with van der Waals surface area (Å²) in [5.41, 5.74) is 6.11. The third kappa shape index (κ3) is 3.82. The van der Waals surface area contributed by atoms with Gasteiger partial charge in [-0.15, -0.1) is 0 Å². The van der Waals surface area contributed by atoms with E-state index < -0.39 is 4.92 Å². The van der Waals surface area contributed by atoms with Gasteiger partial charge in [0, 0.05) is 23.9 Å². The molecule has 0 radical (unpaired) electrons. The number of rotatable bonds is 6. The van der Waals surface area contributed by atoms with Crippen molar-refractivity contribution in [3.05, 3.63) is 68.6 Å². The third-order valence-corrected chi connectivity index (χ3v) is 2.78. The van der Waals surface area contributed by atoms with Crippen LogP contribution in [0.5, 0.6) is 0 Å². The van der Waals surface area contributed by atoms with Crippen LogP contribution < -0.4 is 16.4 Å². The Kier molecular flexibility index (Phi) is 4.37. The predicted octanol–water partition coefficient (Wildman–Crippen LogP) is 0.445. The fourth-order valence-electron chi connectivity index (χ4n) is 1.69. The number of hydrazine groups is 1. The van der Waals surface area contributed by atoms with Gasteiger partial charge in [0.15, 0.2) is 0 Å². The number of nitrogens with one attached hydrogen (secondary N) is 4. The first-order valence-electron chi connectivity index (χ1n) is 6.21. The maximum atomic E-state index is 11.7. The molecule has 2 aromatic rings. The number of non-ortho nitro benzene ring substituents is 1. The van der Waals surface area contributed by atoms with Crippen LogP contribution >= 0.6 is 0 Å². The molecule has 0 saturated carbocycles. The van der Waals surface area contributed by atoms with Gasteiger partial charge in [0.1, 0.15) is 0 Å². The number of aromatic nitrogens is 2. The van der Waals surface area contributed by atoms with Crippen molar-refractivity contribution in [1.82, 2.24) is 21.0 Å². The fraction of sp³-hybridized carbons (Fsp3) is 0.0769. The molecule has 2 rings (SSSR count). The van der Waals surface area contributed by atoms with Crippen LogP contribution in [-0.2, 0) is 11.2 Å². The number of carbonyl (C=O) groups excluding carboxylic acids is 1. The second-order valence-electron chi connectivity index (χ2n) is 4.42. The number of amides is 1. The molecule has 0 fully saturated rings. The molecule has 0 aliphatic heterocycles. The van der Waals surface area contributed by atoms with Crippen molar-refractivity contribution in [1.29, 1.82) is 0 Å². The van der Waals surface area contributed by atoms with E-state index in [1.807, 2.05) is 0 Å². The van der Waals surface area contributed by atoms with Crippen LogP contribution in [-0.4, -0.2) is 21.0 Å². The molecule has 0 saturated heterocycles. The van der Waals surface area contributed by atoms with Gasteiger partial charge in [-0.1, -0.05) is 6.58 Å². The third-order valence-electron chi connectivity index (χ3n) is 2.78. The largest absolute Gasteiger partial charge is 0.302 e. The maximum Gasteiger partial charge on any atom is 0.269 e. The molecule has 0 aliphatic carbocycles. The summed E-state index contributed by atoms with van der Waals surface area (Å²) in [4.78, 5) is 32.6. The Hall–Kier alpha value is -3.36. The summed E-state index contributed by atoms with van der Waals surface area (Å²) in [7, 11) is 0. The summed E-state index contributed by atoms with van der Waals surface area (Å²) < 4.78 is 0. The van der Waals surface area contributed by atoms with E-state index in [2.05, 4.69) is 27.6 Å². The van der Waals surface area contributed by atoms with E-state index >= 15 is 0 Å². The number of nitrogens with zero attached hydrogens (tertiary/aromatic N) is 1. The fourth-order valence-corrected chi connectivity index (χ4v) is 1.69. The number of nitro groups is 1. The Morgan fingerprint density at radius 3 is 2.45 bits per heavy atom. The van der Waals surface area contributed by atoms with E-state index in [0.717, 1.165) is 0 Å². The zero-order valence-corrected chi connectivity index (χ0v) is 11.4. The van der Waals surface area contributed by atoms with Crippen molar-refractivity contribution < 1.29 is 9.72 Å². The molecule has 1 aromatic carbocycles. The lowest BCUT2D eigenvalue weighted by atomic mass is 10.1. The van der Waals surface area contributed by atoms with Crippen molar-refractivity contribution in [3.63, 3.8) is 0 Å². The van der Waals surface area contributed by atoms with Crippen LogP contribution in [0.3, 0.4) is 0 Å². The van der Waals surface area contributed by atoms with Crippen LogP contribution in [0.25, 0.3) is 5.70 Å². The number of aromatic amines is 2. The Bertz CT molecular complexity index is 759. The Labute approximate surface area is 124 Å². The molecular weight excluding hydrogens is 290 g/mol. The summed E-state index contributed by atoms with van der Waals surface area (Å²) in [6, 6.07) is 7.00. The molecule has 1 aromatic heterocycles. The molecule has 9 heteroatoms. The van der Waals surface area contributed by atoms with Crippen molar-refractivity contribution in [3.8, 4) is 0 Å². The van der Waals surface area contributed by atoms with Crippen molar-refractivity contribution in [2.75, 3.05) is 0 Å². The highest BCUT2D eigenvalue weighted by atomic mass is 16.6. The number of H-pyrrole nitrogens is 2. The summed E-state index contributed by atoms with van der Waals surface area (Å²) >= 11 is 0. The highest BCUT2D eigenvalue weighted by Gasteiger charge is 2.08. The Morgan fingerprint density at radius 1 is 1.23 bits per heavy atom. The molecule has 0 bridgehead atoms. The predicted molar refractivity (Wildman–Crippen MR) is 78.5 cm³/mol. The minimum atomic E-state index is -0.501. The first-order valence-corrected chi connectivity index (χ1v) is 6.21. The monoisotopic (exact) mass is 303 g/mol. The van der Waals surface area contributed by atoms with Crippen molar-refractivity contribution in [2.24, 2.45) is 0 Å². The number of hydrogen-bond donors (Lipinski definition) is 4. The van der Waals surface area contributed by atoms with Crippen LogP contribution in [0, 0.1) is 10.1 Å². The van der Waals surface area contributed by atoms with Crippen LogP contribution in [0.4, 0.5) is 5.69 Å². The number of nitro benzene ring substituents is 1. The van der Waals surface area contributed by atoms with E-state index in [9.17, 15) is 19.7 Å². The van der Waals surface area contributed by atoms with Crippen LogP contribution in [0.2, 0.25) is 0 Å². The summed E-state index contributed by atoms with van der Waals surface area (Å²) in [6.45, 7) is 3.72. The van der Waals surface area contributed by atoms with E-state index in [1.165, 1.54) is 30.3 Å². The van der Waals surface area contributed by atoms with Gasteiger partial charge in [-0.3, -0.25) is 35.7 Å². The lowest BCUT2D eigenvalue weighted by Crippen LogP contribution is -2.36.